The topological polar surface area (TPSA) is 66.9 Å². The first-order valence-corrected chi connectivity index (χ1v) is 8.81. The Kier molecular flexibility index (Phi) is 4.90. The number of nitrogens with zero attached hydrogens (tertiary/aromatic N) is 2. The molecule has 0 aliphatic carbocycles. The van der Waals surface area contributed by atoms with Gasteiger partial charge in [-0.25, -0.2) is 9.59 Å². The van der Waals surface area contributed by atoms with Gasteiger partial charge in [0.15, 0.2) is 0 Å². The number of benzene rings is 1. The monoisotopic (exact) mass is 370 g/mol. The molecule has 134 valence electrons. The normalized spacial score (nSPS) is 17.5. The second-order valence-electron chi connectivity index (χ2n) is 5.83. The van der Waals surface area contributed by atoms with Crippen molar-refractivity contribution in [1.29, 1.82) is 0 Å². The van der Waals surface area contributed by atoms with Crippen molar-refractivity contribution >= 4 is 29.1 Å². The predicted octanol–water partition coefficient (Wildman–Crippen LogP) is 3.10. The van der Waals surface area contributed by atoms with Gasteiger partial charge in [0.05, 0.1) is 23.6 Å². The molecule has 1 aliphatic rings. The van der Waals surface area contributed by atoms with E-state index in [-0.39, 0.29) is 23.1 Å². The van der Waals surface area contributed by atoms with Crippen molar-refractivity contribution in [2.24, 2.45) is 0 Å². The van der Waals surface area contributed by atoms with E-state index in [0.717, 1.165) is 5.56 Å². The average Bonchev–Trinajstić information content (AvgIpc) is 3.20. The van der Waals surface area contributed by atoms with E-state index in [1.165, 1.54) is 35.3 Å². The van der Waals surface area contributed by atoms with Gasteiger partial charge in [-0.15, -0.1) is 11.3 Å². The van der Waals surface area contributed by atoms with E-state index in [1.54, 1.807) is 24.6 Å². The maximum Gasteiger partial charge on any atom is 0.355 e. The Morgan fingerprint density at radius 1 is 1.08 bits per heavy atom. The van der Waals surface area contributed by atoms with Gasteiger partial charge in [-0.2, -0.15) is 0 Å². The molecule has 3 rings (SSSR count). The largest absolute Gasteiger partial charge is 0.464 e. The number of hydrogen-bond donors (Lipinski definition) is 0. The maximum atomic E-state index is 13.3. The van der Waals surface area contributed by atoms with Gasteiger partial charge in [0, 0.05) is 14.1 Å². The van der Waals surface area contributed by atoms with E-state index in [4.69, 9.17) is 4.74 Å². The van der Waals surface area contributed by atoms with Crippen molar-refractivity contribution < 1.29 is 19.1 Å². The molecule has 0 fully saturated rings. The molecule has 1 aliphatic heterocycles. The van der Waals surface area contributed by atoms with Crippen LogP contribution < -0.4 is 0 Å². The quantitative estimate of drug-likeness (QED) is 0.613. The number of esters is 1. The molecule has 26 heavy (non-hydrogen) atoms. The van der Waals surface area contributed by atoms with E-state index in [1.807, 2.05) is 30.3 Å². The van der Waals surface area contributed by atoms with Crippen molar-refractivity contribution in [1.82, 2.24) is 9.80 Å². The SMILES string of the molecule is COC(=O)C1=C(C(=O)c2cccs2)[C@@H](c2ccccc2)N(C)C(=O)N1C. The Balaban J connectivity index is 2.28. The predicted molar refractivity (Wildman–Crippen MR) is 97.8 cm³/mol. The number of methoxy groups -OCH3 is 1. The summed E-state index contributed by atoms with van der Waals surface area (Å²) < 4.78 is 4.87. The van der Waals surface area contributed by atoms with Gasteiger partial charge in [0.25, 0.3) is 0 Å². The van der Waals surface area contributed by atoms with Crippen LogP contribution >= 0.6 is 11.3 Å². The molecular weight excluding hydrogens is 352 g/mol. The Labute approximate surface area is 155 Å². The Bertz CT molecular complexity index is 874. The maximum absolute atomic E-state index is 13.3. The van der Waals surface area contributed by atoms with E-state index in [9.17, 15) is 14.4 Å². The summed E-state index contributed by atoms with van der Waals surface area (Å²) in [6.07, 6.45) is 0. The fourth-order valence-electron chi connectivity index (χ4n) is 3.09. The number of ether oxygens (including phenoxy) is 1. The minimum atomic E-state index is -0.713. The number of hydrogen-bond acceptors (Lipinski definition) is 5. The second kappa shape index (κ2) is 7.13. The van der Waals surface area contributed by atoms with E-state index in [0.29, 0.717) is 4.88 Å². The van der Waals surface area contributed by atoms with Crippen LogP contribution in [0.2, 0.25) is 0 Å². The van der Waals surface area contributed by atoms with Crippen molar-refractivity contribution in [2.45, 2.75) is 6.04 Å². The number of urea groups is 1. The van der Waals surface area contributed by atoms with Gasteiger partial charge in [-0.3, -0.25) is 9.69 Å². The lowest BCUT2D eigenvalue weighted by Gasteiger charge is -2.39. The highest BCUT2D eigenvalue weighted by Crippen LogP contribution is 2.38. The summed E-state index contributed by atoms with van der Waals surface area (Å²) in [5.41, 5.74) is 0.954. The third-order valence-electron chi connectivity index (χ3n) is 4.32. The Morgan fingerprint density at radius 3 is 2.35 bits per heavy atom. The first-order chi connectivity index (χ1) is 12.5. The zero-order chi connectivity index (χ0) is 18.8. The lowest BCUT2D eigenvalue weighted by molar-refractivity contribution is -0.137. The molecule has 0 bridgehead atoms. The van der Waals surface area contributed by atoms with E-state index in [2.05, 4.69) is 0 Å². The molecule has 0 saturated carbocycles. The molecule has 7 heteroatoms. The van der Waals surface area contributed by atoms with Crippen LogP contribution in [0.4, 0.5) is 4.79 Å². The molecule has 2 amide bonds. The minimum Gasteiger partial charge on any atom is -0.464 e. The van der Waals surface area contributed by atoms with Gasteiger partial charge < -0.3 is 9.64 Å². The van der Waals surface area contributed by atoms with Crippen molar-refractivity contribution in [3.63, 3.8) is 0 Å². The standard InChI is InChI=1S/C19H18N2O4S/c1-20-15(12-8-5-4-6-9-12)14(17(22)13-10-7-11-26-13)16(18(23)25-3)21(2)19(20)24/h4-11,15H,1-3H3/t15-/m1/s1. The van der Waals surface area contributed by atoms with E-state index >= 15 is 0 Å². The number of thiophene rings is 1. The highest BCUT2D eigenvalue weighted by atomic mass is 32.1. The van der Waals surface area contributed by atoms with Crippen molar-refractivity contribution in [3.8, 4) is 0 Å². The number of Topliss-reactive ketones (excluding diaryl/α,β-unsaturated/α-hetero) is 1. The summed E-state index contributed by atoms with van der Waals surface area (Å²) in [6.45, 7) is 0. The first kappa shape index (κ1) is 17.9. The van der Waals surface area contributed by atoms with Gasteiger partial charge >= 0.3 is 12.0 Å². The fraction of sp³-hybridized carbons (Fsp3) is 0.211. The minimum absolute atomic E-state index is 0.0251. The smallest absolute Gasteiger partial charge is 0.355 e. The van der Waals surface area contributed by atoms with Crippen LogP contribution in [0, 0.1) is 0 Å². The molecule has 6 nitrogen and oxygen atoms in total. The lowest BCUT2D eigenvalue weighted by Crippen LogP contribution is -2.49. The number of ketones is 1. The first-order valence-electron chi connectivity index (χ1n) is 7.93. The molecule has 2 heterocycles. The van der Waals surface area contributed by atoms with Crippen LogP contribution in [0.5, 0.6) is 0 Å². The van der Waals surface area contributed by atoms with Crippen LogP contribution in [-0.2, 0) is 9.53 Å². The molecule has 0 spiro atoms. The lowest BCUT2D eigenvalue weighted by atomic mass is 9.90. The molecular formula is C19H18N2O4S. The van der Waals surface area contributed by atoms with Crippen molar-refractivity contribution in [2.75, 3.05) is 21.2 Å². The molecule has 0 unspecified atom stereocenters. The highest BCUT2D eigenvalue weighted by molar-refractivity contribution is 7.12. The van der Waals surface area contributed by atoms with E-state index < -0.39 is 12.0 Å². The Hall–Kier alpha value is -2.93. The summed E-state index contributed by atoms with van der Waals surface area (Å²) in [6, 6.07) is 11.6. The summed E-state index contributed by atoms with van der Waals surface area (Å²) in [7, 11) is 4.32. The Morgan fingerprint density at radius 2 is 1.77 bits per heavy atom. The zero-order valence-electron chi connectivity index (χ0n) is 14.6. The number of amides is 2. The third kappa shape index (κ3) is 2.90. The summed E-state index contributed by atoms with van der Waals surface area (Å²) in [5, 5.41) is 1.80. The summed E-state index contributed by atoms with van der Waals surface area (Å²) in [4.78, 5) is 41.5. The van der Waals surface area contributed by atoms with Crippen LogP contribution in [0.1, 0.15) is 21.3 Å². The van der Waals surface area contributed by atoms with Gasteiger partial charge in [-0.05, 0) is 17.0 Å². The van der Waals surface area contributed by atoms with Crippen LogP contribution in [0.15, 0.2) is 59.1 Å². The van der Waals surface area contributed by atoms with Crippen molar-refractivity contribution in [3.05, 3.63) is 69.6 Å². The van der Waals surface area contributed by atoms with Crippen LogP contribution in [-0.4, -0.2) is 48.8 Å². The molecule has 1 atom stereocenters. The fourth-order valence-corrected chi connectivity index (χ4v) is 3.77. The zero-order valence-corrected chi connectivity index (χ0v) is 15.4. The summed E-state index contributed by atoms with van der Waals surface area (Å²) >= 11 is 1.29. The number of rotatable bonds is 4. The summed E-state index contributed by atoms with van der Waals surface area (Å²) in [5.74, 6) is -1.00. The van der Waals surface area contributed by atoms with Crippen LogP contribution in [0.25, 0.3) is 0 Å². The molecule has 0 N–H and O–H groups in total. The molecule has 1 aromatic heterocycles. The molecule has 0 saturated heterocycles. The number of carbonyl (C=O) groups excluding carboxylic acids is 3. The van der Waals surface area contributed by atoms with Gasteiger partial charge in [-0.1, -0.05) is 36.4 Å². The molecule has 0 radical (unpaired) electrons. The second-order valence-corrected chi connectivity index (χ2v) is 6.77. The molecule has 2 aromatic rings. The number of likely N-dealkylation sites (N-methyl/N-ethyl adjacent to an activating group) is 2. The average molecular weight is 370 g/mol. The van der Waals surface area contributed by atoms with Crippen LogP contribution in [0.3, 0.4) is 0 Å². The molecule has 1 aromatic carbocycles. The number of carbonyl (C=O) groups is 3. The highest BCUT2D eigenvalue weighted by Gasteiger charge is 2.43. The van der Waals surface area contributed by atoms with Gasteiger partial charge in [0.2, 0.25) is 5.78 Å². The third-order valence-corrected chi connectivity index (χ3v) is 5.19. The van der Waals surface area contributed by atoms with Gasteiger partial charge in [0.1, 0.15) is 5.70 Å².